The maximum atomic E-state index is 13.0. The van der Waals surface area contributed by atoms with Crippen LogP contribution in [0.5, 0.6) is 11.5 Å². The van der Waals surface area contributed by atoms with Crippen molar-refractivity contribution in [2.24, 2.45) is 0 Å². The third-order valence-electron chi connectivity index (χ3n) is 3.75. The van der Waals surface area contributed by atoms with E-state index in [4.69, 9.17) is 18.6 Å². The zero-order chi connectivity index (χ0) is 19.4. The SMILES string of the molecule is COc1cc(OC)cc(C(=O)O[C@H](C)c2nnc(-c3ccc(F)cc3)o2)c1. The molecule has 140 valence electrons. The molecular formula is C19H17FN2O5. The minimum absolute atomic E-state index is 0.123. The first-order valence-corrected chi connectivity index (χ1v) is 8.03. The van der Waals surface area contributed by atoms with E-state index in [0.29, 0.717) is 17.1 Å². The van der Waals surface area contributed by atoms with Crippen LogP contribution in [0.1, 0.15) is 29.3 Å². The fraction of sp³-hybridized carbons (Fsp3) is 0.211. The number of nitrogens with zero attached hydrogens (tertiary/aromatic N) is 2. The average molecular weight is 372 g/mol. The normalized spacial score (nSPS) is 11.7. The Balaban J connectivity index is 1.74. The summed E-state index contributed by atoms with van der Waals surface area (Å²) in [6.45, 7) is 1.61. The zero-order valence-electron chi connectivity index (χ0n) is 14.9. The number of benzene rings is 2. The smallest absolute Gasteiger partial charge is 0.339 e. The Labute approximate surface area is 154 Å². The van der Waals surface area contributed by atoms with E-state index in [1.54, 1.807) is 13.0 Å². The number of rotatable bonds is 6. The standard InChI is InChI=1S/C19H17FN2O5/c1-11(17-21-22-18(27-17)12-4-6-14(20)7-5-12)26-19(23)13-8-15(24-2)10-16(9-13)25-3/h4-11H,1-3H3/t11-/m1/s1. The van der Waals surface area contributed by atoms with E-state index in [1.807, 2.05) is 0 Å². The highest BCUT2D eigenvalue weighted by atomic mass is 19.1. The van der Waals surface area contributed by atoms with Gasteiger partial charge in [0.25, 0.3) is 5.89 Å². The van der Waals surface area contributed by atoms with Gasteiger partial charge >= 0.3 is 5.97 Å². The lowest BCUT2D eigenvalue weighted by Crippen LogP contribution is -2.10. The highest BCUT2D eigenvalue weighted by molar-refractivity contribution is 5.90. The van der Waals surface area contributed by atoms with Crippen LogP contribution in [0.2, 0.25) is 0 Å². The summed E-state index contributed by atoms with van der Waals surface area (Å²) in [5.41, 5.74) is 0.822. The summed E-state index contributed by atoms with van der Waals surface area (Å²) in [7, 11) is 2.98. The van der Waals surface area contributed by atoms with Gasteiger partial charge in [-0.25, -0.2) is 9.18 Å². The van der Waals surface area contributed by atoms with E-state index < -0.39 is 12.1 Å². The lowest BCUT2D eigenvalue weighted by Gasteiger charge is -2.11. The topological polar surface area (TPSA) is 83.7 Å². The minimum atomic E-state index is -0.781. The van der Waals surface area contributed by atoms with Gasteiger partial charge in [0.2, 0.25) is 5.89 Å². The molecule has 0 aliphatic heterocycles. The van der Waals surface area contributed by atoms with Crippen LogP contribution in [-0.4, -0.2) is 30.4 Å². The van der Waals surface area contributed by atoms with Gasteiger partial charge in [-0.1, -0.05) is 0 Å². The van der Waals surface area contributed by atoms with Gasteiger partial charge in [-0.3, -0.25) is 0 Å². The number of hydrogen-bond acceptors (Lipinski definition) is 7. The summed E-state index contributed by atoms with van der Waals surface area (Å²) < 4.78 is 34.2. The van der Waals surface area contributed by atoms with Crippen LogP contribution >= 0.6 is 0 Å². The monoisotopic (exact) mass is 372 g/mol. The molecule has 27 heavy (non-hydrogen) atoms. The fourth-order valence-electron chi connectivity index (χ4n) is 2.31. The van der Waals surface area contributed by atoms with E-state index in [9.17, 15) is 9.18 Å². The summed E-state index contributed by atoms with van der Waals surface area (Å²) in [6, 6.07) is 10.3. The number of aromatic nitrogens is 2. The average Bonchev–Trinajstić information content (AvgIpc) is 3.18. The molecule has 1 aromatic heterocycles. The quantitative estimate of drug-likeness (QED) is 0.608. The van der Waals surface area contributed by atoms with Crippen molar-refractivity contribution in [3.63, 3.8) is 0 Å². The third-order valence-corrected chi connectivity index (χ3v) is 3.75. The van der Waals surface area contributed by atoms with Crippen molar-refractivity contribution in [3.05, 3.63) is 59.7 Å². The predicted molar refractivity (Wildman–Crippen MR) is 93.1 cm³/mol. The lowest BCUT2D eigenvalue weighted by atomic mass is 10.2. The predicted octanol–water partition coefficient (Wildman–Crippen LogP) is 3.81. The van der Waals surface area contributed by atoms with Crippen molar-refractivity contribution in [1.82, 2.24) is 10.2 Å². The van der Waals surface area contributed by atoms with Crippen LogP contribution in [-0.2, 0) is 4.74 Å². The Morgan fingerprint density at radius 2 is 1.67 bits per heavy atom. The summed E-state index contributed by atoms with van der Waals surface area (Å²) in [5, 5.41) is 7.79. The molecular weight excluding hydrogens is 355 g/mol. The van der Waals surface area contributed by atoms with Crippen molar-refractivity contribution in [2.75, 3.05) is 14.2 Å². The molecule has 0 radical (unpaired) electrons. The molecule has 0 aliphatic rings. The Morgan fingerprint density at radius 3 is 2.26 bits per heavy atom. The largest absolute Gasteiger partial charge is 0.497 e. The van der Waals surface area contributed by atoms with Crippen molar-refractivity contribution < 1.29 is 27.8 Å². The first kappa shape index (κ1) is 18.4. The van der Waals surface area contributed by atoms with E-state index in [0.717, 1.165) is 0 Å². The van der Waals surface area contributed by atoms with Crippen LogP contribution in [0.4, 0.5) is 4.39 Å². The van der Waals surface area contributed by atoms with Crippen molar-refractivity contribution in [2.45, 2.75) is 13.0 Å². The van der Waals surface area contributed by atoms with Gasteiger partial charge in [-0.05, 0) is 43.3 Å². The molecule has 0 aliphatic carbocycles. The second kappa shape index (κ2) is 7.86. The first-order chi connectivity index (χ1) is 13.0. The summed E-state index contributed by atoms with van der Waals surface area (Å²) in [4.78, 5) is 12.4. The van der Waals surface area contributed by atoms with Crippen molar-refractivity contribution in [3.8, 4) is 23.0 Å². The molecule has 0 bridgehead atoms. The van der Waals surface area contributed by atoms with Crippen LogP contribution < -0.4 is 9.47 Å². The van der Waals surface area contributed by atoms with Crippen LogP contribution in [0.15, 0.2) is 46.9 Å². The molecule has 0 fully saturated rings. The van der Waals surface area contributed by atoms with Crippen LogP contribution in [0.25, 0.3) is 11.5 Å². The van der Waals surface area contributed by atoms with Crippen molar-refractivity contribution in [1.29, 1.82) is 0 Å². The Kier molecular flexibility index (Phi) is 5.35. The van der Waals surface area contributed by atoms with E-state index in [2.05, 4.69) is 10.2 Å². The van der Waals surface area contributed by atoms with Crippen LogP contribution in [0, 0.1) is 5.82 Å². The maximum Gasteiger partial charge on any atom is 0.339 e. The van der Waals surface area contributed by atoms with Gasteiger partial charge in [0.15, 0.2) is 6.10 Å². The molecule has 0 amide bonds. The van der Waals surface area contributed by atoms with Gasteiger partial charge < -0.3 is 18.6 Å². The second-order valence-electron chi connectivity index (χ2n) is 5.60. The highest BCUT2D eigenvalue weighted by Crippen LogP contribution is 2.26. The molecule has 3 aromatic rings. The Morgan fingerprint density at radius 1 is 1.04 bits per heavy atom. The number of methoxy groups -OCH3 is 2. The summed E-state index contributed by atoms with van der Waals surface area (Å²) in [5.74, 6) is 0.292. The molecule has 2 aromatic carbocycles. The number of hydrogen-bond donors (Lipinski definition) is 0. The number of carbonyl (C=O) groups excluding carboxylic acids is 1. The molecule has 0 unspecified atom stereocenters. The maximum absolute atomic E-state index is 13.0. The molecule has 1 atom stereocenters. The van der Waals surface area contributed by atoms with Gasteiger partial charge in [0.05, 0.1) is 19.8 Å². The highest BCUT2D eigenvalue weighted by Gasteiger charge is 2.21. The molecule has 0 spiro atoms. The summed E-state index contributed by atoms with van der Waals surface area (Å²) >= 11 is 0. The van der Waals surface area contributed by atoms with Gasteiger partial charge in [0, 0.05) is 11.6 Å². The molecule has 8 heteroatoms. The van der Waals surface area contributed by atoms with Gasteiger partial charge in [0.1, 0.15) is 17.3 Å². The molecule has 7 nitrogen and oxygen atoms in total. The second-order valence-corrected chi connectivity index (χ2v) is 5.60. The van der Waals surface area contributed by atoms with E-state index in [1.165, 1.54) is 50.6 Å². The van der Waals surface area contributed by atoms with E-state index in [-0.39, 0.29) is 23.2 Å². The lowest BCUT2D eigenvalue weighted by molar-refractivity contribution is 0.0279. The number of carbonyl (C=O) groups is 1. The molecule has 1 heterocycles. The Bertz CT molecular complexity index is 917. The van der Waals surface area contributed by atoms with E-state index >= 15 is 0 Å². The summed E-state index contributed by atoms with van der Waals surface area (Å²) in [6.07, 6.45) is -0.781. The molecule has 3 rings (SSSR count). The Hall–Kier alpha value is -3.42. The number of esters is 1. The molecule has 0 N–H and O–H groups in total. The molecule has 0 saturated carbocycles. The number of ether oxygens (including phenoxy) is 3. The van der Waals surface area contributed by atoms with Gasteiger partial charge in [-0.15, -0.1) is 10.2 Å². The first-order valence-electron chi connectivity index (χ1n) is 8.03. The van der Waals surface area contributed by atoms with Crippen molar-refractivity contribution >= 4 is 5.97 Å². The molecule has 0 saturated heterocycles. The third kappa shape index (κ3) is 4.22. The fourth-order valence-corrected chi connectivity index (χ4v) is 2.31. The zero-order valence-corrected chi connectivity index (χ0v) is 14.9. The number of halogens is 1. The van der Waals surface area contributed by atoms with Gasteiger partial charge in [-0.2, -0.15) is 0 Å². The minimum Gasteiger partial charge on any atom is -0.497 e. The van der Waals surface area contributed by atoms with Crippen LogP contribution in [0.3, 0.4) is 0 Å².